The van der Waals surface area contributed by atoms with Crippen molar-refractivity contribution in [1.29, 1.82) is 0 Å². The molecule has 0 aromatic carbocycles. The molecule has 2 N–H and O–H groups in total. The molecule has 0 atom stereocenters. The molecule has 0 fully saturated rings. The molecule has 7 heteroatoms. The van der Waals surface area contributed by atoms with Crippen molar-refractivity contribution < 1.29 is 13.5 Å². The van der Waals surface area contributed by atoms with Gasteiger partial charge in [-0.1, -0.05) is 4.52 Å². The van der Waals surface area contributed by atoms with Crippen LogP contribution in [0.1, 0.15) is 0 Å². The summed E-state index contributed by atoms with van der Waals surface area (Å²) in [6.45, 7) is -0.417. The van der Waals surface area contributed by atoms with E-state index in [1.807, 2.05) is 0 Å². The first-order chi connectivity index (χ1) is 5.67. The summed E-state index contributed by atoms with van der Waals surface area (Å²) in [6, 6.07) is 0. The number of allylic oxidation sites excluding steroid dienone is 1. The Kier molecular flexibility index (Phi) is 2.66. The first kappa shape index (κ1) is 9.01. The summed E-state index contributed by atoms with van der Waals surface area (Å²) in [6.07, 6.45) is 4.33. The average molecular weight is 191 g/mol. The highest BCUT2D eigenvalue weighted by Gasteiger charge is 2.18. The van der Waals surface area contributed by atoms with Crippen LogP contribution < -0.4 is 5.43 Å². The van der Waals surface area contributed by atoms with Gasteiger partial charge in [0.05, 0.1) is 18.6 Å². The van der Waals surface area contributed by atoms with Crippen LogP contribution in [0.4, 0.5) is 0 Å². The highest BCUT2D eigenvalue weighted by molar-refractivity contribution is 7.89. The van der Waals surface area contributed by atoms with E-state index in [1.165, 1.54) is 12.4 Å². The number of hydrogen-bond donors (Lipinski definition) is 2. The molecule has 0 aliphatic carbocycles. The van der Waals surface area contributed by atoms with Gasteiger partial charge in [0.15, 0.2) is 0 Å². The molecule has 12 heavy (non-hydrogen) atoms. The molecule has 68 valence electrons. The van der Waals surface area contributed by atoms with Gasteiger partial charge in [0.2, 0.25) is 0 Å². The minimum Gasteiger partial charge on any atom is -0.395 e. The molecule has 6 nitrogen and oxygen atoms in total. The Balaban J connectivity index is 2.70. The van der Waals surface area contributed by atoms with Gasteiger partial charge in [-0.05, 0) is 6.08 Å². The topological polar surface area (TPSA) is 82.0 Å². The molecule has 0 unspecified atom stereocenters. The van der Waals surface area contributed by atoms with Crippen LogP contribution in [-0.2, 0) is 10.0 Å². The van der Waals surface area contributed by atoms with Gasteiger partial charge < -0.3 is 5.11 Å². The predicted molar refractivity (Wildman–Crippen MR) is 43.5 cm³/mol. The molecular weight excluding hydrogens is 182 g/mol. The van der Waals surface area contributed by atoms with Crippen molar-refractivity contribution in [2.75, 3.05) is 12.4 Å². The standard InChI is InChI=1S/C5H9N3O3S/c9-4-5-12(10,11)8-6-2-1-3-7-8/h1-3,6,9H,4-5H2. The quantitative estimate of drug-likeness (QED) is 0.576. The van der Waals surface area contributed by atoms with E-state index in [0.29, 0.717) is 4.52 Å². The SMILES string of the molecule is O=S(=O)(CCO)N1N=CC=CN1. The smallest absolute Gasteiger partial charge is 0.270 e. The second kappa shape index (κ2) is 3.55. The molecule has 1 aliphatic heterocycles. The van der Waals surface area contributed by atoms with Crippen LogP contribution in [0, 0.1) is 0 Å². The monoisotopic (exact) mass is 191 g/mol. The fraction of sp³-hybridized carbons (Fsp3) is 0.400. The lowest BCUT2D eigenvalue weighted by Gasteiger charge is -2.18. The van der Waals surface area contributed by atoms with Crippen LogP contribution in [-0.4, -0.2) is 36.6 Å². The van der Waals surface area contributed by atoms with Crippen LogP contribution in [0.15, 0.2) is 17.4 Å². The third-order valence-corrected chi connectivity index (χ3v) is 2.58. The van der Waals surface area contributed by atoms with Gasteiger partial charge in [-0.2, -0.15) is 0 Å². The van der Waals surface area contributed by atoms with E-state index < -0.39 is 16.6 Å². The van der Waals surface area contributed by atoms with Crippen LogP contribution in [0.3, 0.4) is 0 Å². The van der Waals surface area contributed by atoms with E-state index in [2.05, 4.69) is 10.5 Å². The summed E-state index contributed by atoms with van der Waals surface area (Å²) in [5.74, 6) is -0.342. The van der Waals surface area contributed by atoms with E-state index >= 15 is 0 Å². The summed E-state index contributed by atoms with van der Waals surface area (Å²) in [4.78, 5) is 0. The van der Waals surface area contributed by atoms with Crippen molar-refractivity contribution in [3.63, 3.8) is 0 Å². The number of nitrogens with one attached hydrogen (secondary N) is 1. The molecule has 0 spiro atoms. The minimum absolute atomic E-state index is 0.342. The maximum atomic E-state index is 11.1. The van der Waals surface area contributed by atoms with Crippen LogP contribution in [0.2, 0.25) is 0 Å². The number of rotatable bonds is 3. The zero-order valence-corrected chi connectivity index (χ0v) is 7.03. The van der Waals surface area contributed by atoms with Gasteiger partial charge in [-0.3, -0.25) is 5.43 Å². The predicted octanol–water partition coefficient (Wildman–Crippen LogP) is -1.37. The Bertz CT molecular complexity index is 295. The molecule has 1 aliphatic rings. The Morgan fingerprint density at radius 3 is 2.83 bits per heavy atom. The molecule has 0 aromatic rings. The summed E-state index contributed by atoms with van der Waals surface area (Å²) in [5.41, 5.74) is 2.40. The van der Waals surface area contributed by atoms with Crippen molar-refractivity contribution >= 4 is 16.2 Å². The summed E-state index contributed by atoms with van der Waals surface area (Å²) in [7, 11) is -3.51. The maximum absolute atomic E-state index is 11.1. The number of aliphatic hydroxyl groups excluding tert-OH is 1. The number of hydrazone groups is 1. The van der Waals surface area contributed by atoms with E-state index in [-0.39, 0.29) is 5.75 Å². The number of hydrazine groups is 1. The first-order valence-corrected chi connectivity index (χ1v) is 4.87. The van der Waals surface area contributed by atoms with Crippen molar-refractivity contribution in [2.24, 2.45) is 5.10 Å². The fourth-order valence-corrected chi connectivity index (χ4v) is 1.46. The molecule has 1 rings (SSSR count). The van der Waals surface area contributed by atoms with Crippen molar-refractivity contribution in [3.05, 3.63) is 12.3 Å². The zero-order chi connectivity index (χ0) is 9.03. The molecule has 0 radical (unpaired) electrons. The summed E-state index contributed by atoms with van der Waals surface area (Å²) in [5, 5.41) is 12.0. The molecule has 0 aromatic heterocycles. The lowest BCUT2D eigenvalue weighted by atomic mass is 10.7. The lowest BCUT2D eigenvalue weighted by Crippen LogP contribution is -2.39. The third kappa shape index (κ3) is 1.95. The van der Waals surface area contributed by atoms with Gasteiger partial charge in [0.25, 0.3) is 10.0 Å². The van der Waals surface area contributed by atoms with E-state index in [4.69, 9.17) is 5.11 Å². The third-order valence-electron chi connectivity index (χ3n) is 1.15. The normalized spacial score (nSPS) is 16.2. The van der Waals surface area contributed by atoms with Crippen LogP contribution in [0.25, 0.3) is 0 Å². The van der Waals surface area contributed by atoms with E-state index in [0.717, 1.165) is 0 Å². The Morgan fingerprint density at radius 1 is 1.58 bits per heavy atom. The van der Waals surface area contributed by atoms with E-state index in [1.54, 1.807) is 6.08 Å². The van der Waals surface area contributed by atoms with Crippen LogP contribution >= 0.6 is 0 Å². The molecule has 0 saturated heterocycles. The molecular formula is C5H9N3O3S. The highest BCUT2D eigenvalue weighted by atomic mass is 32.2. The number of aliphatic hydroxyl groups is 1. The lowest BCUT2D eigenvalue weighted by molar-refractivity contribution is 0.310. The summed E-state index contributed by atoms with van der Waals surface area (Å²) >= 11 is 0. The molecule has 0 saturated carbocycles. The second-order valence-corrected chi connectivity index (χ2v) is 3.95. The van der Waals surface area contributed by atoms with Crippen molar-refractivity contribution in [1.82, 2.24) is 9.95 Å². The molecule has 0 bridgehead atoms. The zero-order valence-electron chi connectivity index (χ0n) is 6.21. The van der Waals surface area contributed by atoms with Crippen molar-refractivity contribution in [3.8, 4) is 0 Å². The Morgan fingerprint density at radius 2 is 2.33 bits per heavy atom. The minimum atomic E-state index is -3.51. The summed E-state index contributed by atoms with van der Waals surface area (Å²) < 4.78 is 23.0. The average Bonchev–Trinajstić information content (AvgIpc) is 2.06. The van der Waals surface area contributed by atoms with Gasteiger partial charge in [-0.15, -0.1) is 5.10 Å². The Hall–Kier alpha value is -1.08. The number of nitrogens with zero attached hydrogens (tertiary/aromatic N) is 2. The molecule has 1 heterocycles. The fourth-order valence-electron chi connectivity index (χ4n) is 0.636. The van der Waals surface area contributed by atoms with Crippen molar-refractivity contribution in [2.45, 2.75) is 0 Å². The maximum Gasteiger partial charge on any atom is 0.270 e. The van der Waals surface area contributed by atoms with Gasteiger partial charge in [-0.25, -0.2) is 8.42 Å². The first-order valence-electron chi connectivity index (χ1n) is 3.26. The van der Waals surface area contributed by atoms with Crippen LogP contribution in [0.5, 0.6) is 0 Å². The molecule has 0 amide bonds. The number of hydrogen-bond acceptors (Lipinski definition) is 5. The largest absolute Gasteiger partial charge is 0.395 e. The van der Waals surface area contributed by atoms with Gasteiger partial charge >= 0.3 is 0 Å². The Labute approximate surface area is 70.2 Å². The van der Waals surface area contributed by atoms with Gasteiger partial charge in [0.1, 0.15) is 0 Å². The highest BCUT2D eigenvalue weighted by Crippen LogP contribution is 1.99. The van der Waals surface area contributed by atoms with Gasteiger partial charge in [0, 0.05) is 6.20 Å². The second-order valence-electron chi connectivity index (χ2n) is 2.04. The number of sulfonamides is 1. The van der Waals surface area contributed by atoms with E-state index in [9.17, 15) is 8.42 Å².